The Morgan fingerprint density at radius 2 is 1.78 bits per heavy atom. The molecule has 7 heteroatoms. The fourth-order valence-electron chi connectivity index (χ4n) is 3.13. The zero-order chi connectivity index (χ0) is 19.8. The minimum Gasteiger partial charge on any atom is -0.461 e. The summed E-state index contributed by atoms with van der Waals surface area (Å²) in [7, 11) is 1.17. The number of carbonyl (C=O) groups is 1. The van der Waals surface area contributed by atoms with Gasteiger partial charge in [0.25, 0.3) is 0 Å². The molecule has 0 amide bonds. The molecule has 27 heavy (non-hydrogen) atoms. The van der Waals surface area contributed by atoms with Gasteiger partial charge in [-0.15, -0.1) is 0 Å². The predicted octanol–water partition coefficient (Wildman–Crippen LogP) is 3.27. The first kappa shape index (κ1) is 19.1. The number of carbonyl (C=O) groups excluding carboxylic acids is 1. The number of aromatic nitrogens is 1. The van der Waals surface area contributed by atoms with Crippen molar-refractivity contribution in [2.24, 2.45) is 7.05 Å². The predicted molar refractivity (Wildman–Crippen MR) is 105 cm³/mol. The van der Waals surface area contributed by atoms with E-state index in [1.54, 1.807) is 36.7 Å². The van der Waals surface area contributed by atoms with E-state index in [0.717, 1.165) is 11.1 Å². The molecule has 0 aliphatic rings. The molecule has 142 valence electrons. The van der Waals surface area contributed by atoms with Crippen molar-refractivity contribution in [2.75, 3.05) is 20.7 Å². The summed E-state index contributed by atoms with van der Waals surface area (Å²) in [6, 6.07) is 14.3. The summed E-state index contributed by atoms with van der Waals surface area (Å²) < 4.78 is 33.3. The lowest BCUT2D eigenvalue weighted by molar-refractivity contribution is 0.0517. The molecule has 0 saturated carbocycles. The SMILES string of the molecule is CCOC(=O)c1c(-c2ccccc2)c2cc(S(=O)(=O)N(C)C)ccc2n1C. The fourth-order valence-corrected chi connectivity index (χ4v) is 4.06. The Balaban J connectivity index is 2.39. The molecular formula is C20H22N2O4S. The highest BCUT2D eigenvalue weighted by Crippen LogP contribution is 2.36. The van der Waals surface area contributed by atoms with Crippen molar-refractivity contribution >= 4 is 26.9 Å². The van der Waals surface area contributed by atoms with Crippen LogP contribution in [-0.2, 0) is 21.8 Å². The van der Waals surface area contributed by atoms with Crippen LogP contribution in [0.15, 0.2) is 53.4 Å². The van der Waals surface area contributed by atoms with Crippen LogP contribution in [0.3, 0.4) is 0 Å². The third-order valence-electron chi connectivity index (χ3n) is 4.48. The normalized spacial score (nSPS) is 11.9. The van der Waals surface area contributed by atoms with Gasteiger partial charge in [0.2, 0.25) is 10.0 Å². The van der Waals surface area contributed by atoms with Gasteiger partial charge in [-0.3, -0.25) is 0 Å². The molecule has 0 saturated heterocycles. The number of hydrogen-bond donors (Lipinski definition) is 0. The van der Waals surface area contributed by atoms with Crippen molar-refractivity contribution in [1.82, 2.24) is 8.87 Å². The maximum absolute atomic E-state index is 12.6. The number of rotatable bonds is 5. The molecule has 0 radical (unpaired) electrons. The minimum absolute atomic E-state index is 0.179. The summed E-state index contributed by atoms with van der Waals surface area (Å²) in [5.74, 6) is -0.438. The maximum atomic E-state index is 12.6. The van der Waals surface area contributed by atoms with E-state index >= 15 is 0 Å². The number of aryl methyl sites for hydroxylation is 1. The second-order valence-electron chi connectivity index (χ2n) is 6.34. The van der Waals surface area contributed by atoms with Gasteiger partial charge in [0.15, 0.2) is 0 Å². The van der Waals surface area contributed by atoms with Gasteiger partial charge in [-0.1, -0.05) is 30.3 Å². The van der Waals surface area contributed by atoms with Gasteiger partial charge in [-0.2, -0.15) is 0 Å². The molecule has 0 fully saturated rings. The zero-order valence-electron chi connectivity index (χ0n) is 15.8. The van der Waals surface area contributed by atoms with Gasteiger partial charge in [0, 0.05) is 37.6 Å². The number of nitrogens with zero attached hydrogens (tertiary/aromatic N) is 2. The van der Waals surface area contributed by atoms with Gasteiger partial charge in [0.1, 0.15) is 5.69 Å². The van der Waals surface area contributed by atoms with E-state index in [-0.39, 0.29) is 11.5 Å². The van der Waals surface area contributed by atoms with Gasteiger partial charge >= 0.3 is 5.97 Å². The first-order chi connectivity index (χ1) is 12.8. The second kappa shape index (κ2) is 7.17. The van der Waals surface area contributed by atoms with Gasteiger partial charge in [0.05, 0.1) is 11.5 Å². The van der Waals surface area contributed by atoms with Crippen LogP contribution in [0, 0.1) is 0 Å². The van der Waals surface area contributed by atoms with Crippen LogP contribution >= 0.6 is 0 Å². The zero-order valence-corrected chi connectivity index (χ0v) is 16.6. The smallest absolute Gasteiger partial charge is 0.355 e. The van der Waals surface area contributed by atoms with E-state index in [0.29, 0.717) is 16.6 Å². The lowest BCUT2D eigenvalue weighted by atomic mass is 10.0. The number of benzene rings is 2. The lowest BCUT2D eigenvalue weighted by Crippen LogP contribution is -2.22. The van der Waals surface area contributed by atoms with Crippen molar-refractivity contribution in [3.05, 3.63) is 54.2 Å². The molecule has 0 atom stereocenters. The van der Waals surface area contributed by atoms with Gasteiger partial charge in [-0.25, -0.2) is 17.5 Å². The quantitative estimate of drug-likeness (QED) is 0.631. The van der Waals surface area contributed by atoms with E-state index in [2.05, 4.69) is 0 Å². The molecule has 6 nitrogen and oxygen atoms in total. The van der Waals surface area contributed by atoms with Gasteiger partial charge < -0.3 is 9.30 Å². The van der Waals surface area contributed by atoms with Crippen molar-refractivity contribution < 1.29 is 17.9 Å². The van der Waals surface area contributed by atoms with Gasteiger partial charge in [-0.05, 0) is 30.7 Å². The summed E-state index contributed by atoms with van der Waals surface area (Å²) in [5, 5.41) is 0.690. The highest BCUT2D eigenvalue weighted by Gasteiger charge is 2.25. The maximum Gasteiger partial charge on any atom is 0.355 e. The van der Waals surface area contributed by atoms with E-state index in [9.17, 15) is 13.2 Å². The molecule has 0 aliphatic heterocycles. The number of hydrogen-bond acceptors (Lipinski definition) is 4. The Labute approximate surface area is 159 Å². The number of sulfonamides is 1. The number of fused-ring (bicyclic) bond motifs is 1. The van der Waals surface area contributed by atoms with Crippen molar-refractivity contribution in [3.8, 4) is 11.1 Å². The van der Waals surface area contributed by atoms with Crippen molar-refractivity contribution in [2.45, 2.75) is 11.8 Å². The lowest BCUT2D eigenvalue weighted by Gasteiger charge is -2.11. The summed E-state index contributed by atoms with van der Waals surface area (Å²) in [4.78, 5) is 12.8. The Morgan fingerprint density at radius 3 is 2.37 bits per heavy atom. The Kier molecular flexibility index (Phi) is 5.08. The molecule has 0 aliphatic carbocycles. The summed E-state index contributed by atoms with van der Waals surface area (Å²) in [6.07, 6.45) is 0. The van der Waals surface area contributed by atoms with E-state index < -0.39 is 16.0 Å². The highest BCUT2D eigenvalue weighted by molar-refractivity contribution is 7.89. The first-order valence-corrected chi connectivity index (χ1v) is 10.0. The molecule has 1 aromatic heterocycles. The van der Waals surface area contributed by atoms with E-state index in [4.69, 9.17) is 4.74 Å². The third-order valence-corrected chi connectivity index (χ3v) is 6.29. The molecular weight excluding hydrogens is 364 g/mol. The highest BCUT2D eigenvalue weighted by atomic mass is 32.2. The average Bonchev–Trinajstić information content (AvgIpc) is 2.94. The van der Waals surface area contributed by atoms with Crippen LogP contribution in [0.2, 0.25) is 0 Å². The molecule has 0 unspecified atom stereocenters. The Bertz CT molecular complexity index is 1100. The molecule has 1 heterocycles. The van der Waals surface area contributed by atoms with Crippen LogP contribution in [-0.4, -0.2) is 44.0 Å². The van der Waals surface area contributed by atoms with Crippen LogP contribution in [0.5, 0.6) is 0 Å². The van der Waals surface area contributed by atoms with E-state index in [1.807, 2.05) is 30.3 Å². The van der Waals surface area contributed by atoms with Crippen molar-refractivity contribution in [3.63, 3.8) is 0 Å². The largest absolute Gasteiger partial charge is 0.461 e. The van der Waals surface area contributed by atoms with E-state index in [1.165, 1.54) is 18.4 Å². The fraction of sp³-hybridized carbons (Fsp3) is 0.250. The molecule has 3 aromatic rings. The summed E-state index contributed by atoms with van der Waals surface area (Å²) in [5.41, 5.74) is 2.65. The standard InChI is InChI=1S/C20H22N2O4S/c1-5-26-20(23)19-18(14-9-7-6-8-10-14)16-13-15(27(24,25)21(2)3)11-12-17(16)22(19)4/h6-13H,5H2,1-4H3. The monoisotopic (exact) mass is 386 g/mol. The first-order valence-electron chi connectivity index (χ1n) is 8.56. The van der Waals surface area contributed by atoms with Crippen LogP contribution in [0.25, 0.3) is 22.0 Å². The number of esters is 1. The summed E-state index contributed by atoms with van der Waals surface area (Å²) >= 11 is 0. The van der Waals surface area contributed by atoms with Crippen molar-refractivity contribution in [1.29, 1.82) is 0 Å². The number of ether oxygens (including phenoxy) is 1. The van der Waals surface area contributed by atoms with Crippen LogP contribution in [0.1, 0.15) is 17.4 Å². The molecule has 0 N–H and O–H groups in total. The molecule has 3 rings (SSSR count). The second-order valence-corrected chi connectivity index (χ2v) is 8.49. The summed E-state index contributed by atoms with van der Waals surface area (Å²) in [6.45, 7) is 2.01. The molecule has 0 spiro atoms. The topological polar surface area (TPSA) is 68.6 Å². The minimum atomic E-state index is -3.59. The Hall–Kier alpha value is -2.64. The molecule has 2 aromatic carbocycles. The molecule has 0 bridgehead atoms. The average molecular weight is 386 g/mol. The van der Waals surface area contributed by atoms with Crippen LogP contribution < -0.4 is 0 Å². The Morgan fingerprint density at radius 1 is 1.11 bits per heavy atom. The third kappa shape index (κ3) is 3.24. The van der Waals surface area contributed by atoms with Crippen LogP contribution in [0.4, 0.5) is 0 Å².